The lowest BCUT2D eigenvalue weighted by Crippen LogP contribution is -2.18. The van der Waals surface area contributed by atoms with Crippen LogP contribution in [0.1, 0.15) is 17.0 Å². The Kier molecular flexibility index (Phi) is 4.20. The summed E-state index contributed by atoms with van der Waals surface area (Å²) in [6.07, 6.45) is 1.86. The summed E-state index contributed by atoms with van der Waals surface area (Å²) in [4.78, 5) is 17.0. The van der Waals surface area contributed by atoms with E-state index in [1.165, 1.54) is 0 Å². The Balaban J connectivity index is 1.99. The molecule has 1 aliphatic rings. The molecule has 6 nitrogen and oxygen atoms in total. The van der Waals surface area contributed by atoms with Crippen molar-refractivity contribution in [3.63, 3.8) is 0 Å². The summed E-state index contributed by atoms with van der Waals surface area (Å²) in [5.41, 5.74) is 2.34. The van der Waals surface area contributed by atoms with Crippen LogP contribution in [0.4, 0.5) is 10.5 Å². The van der Waals surface area contributed by atoms with Gasteiger partial charge in [-0.05, 0) is 43.8 Å². The van der Waals surface area contributed by atoms with Gasteiger partial charge in [-0.25, -0.2) is 4.99 Å². The molecule has 2 heterocycles. The Morgan fingerprint density at radius 3 is 2.91 bits per heavy atom. The summed E-state index contributed by atoms with van der Waals surface area (Å²) in [6.45, 7) is 3.69. The van der Waals surface area contributed by atoms with Gasteiger partial charge in [0.15, 0.2) is 0 Å². The van der Waals surface area contributed by atoms with E-state index in [9.17, 15) is 4.79 Å². The average Bonchev–Trinajstić information content (AvgIpc) is 3.04. The second-order valence-electron chi connectivity index (χ2n) is 4.92. The summed E-state index contributed by atoms with van der Waals surface area (Å²) >= 11 is 1.10. The number of aliphatic imine (C=N–C) groups is 1. The van der Waals surface area contributed by atoms with Gasteiger partial charge in [-0.1, -0.05) is 11.2 Å². The van der Waals surface area contributed by atoms with Gasteiger partial charge in [-0.15, -0.1) is 0 Å². The number of carbonyl (C=O) groups is 1. The number of nitrogens with one attached hydrogen (secondary N) is 1. The molecule has 1 amide bonds. The highest BCUT2D eigenvalue weighted by atomic mass is 32.2. The second kappa shape index (κ2) is 6.29. The molecule has 0 spiro atoms. The van der Waals surface area contributed by atoms with Gasteiger partial charge >= 0.3 is 0 Å². The summed E-state index contributed by atoms with van der Waals surface area (Å²) < 4.78 is 10.3. The van der Waals surface area contributed by atoms with Gasteiger partial charge in [0.25, 0.3) is 5.24 Å². The third-order valence-corrected chi connectivity index (χ3v) is 4.13. The van der Waals surface area contributed by atoms with E-state index in [1.54, 1.807) is 13.2 Å². The molecule has 0 bridgehead atoms. The SMILES string of the molecule is COc1cccc(N=C2NC(=O)S/C2=C\c2c(C)noc2C)c1. The molecule has 0 aliphatic carbocycles. The molecule has 3 rings (SSSR count). The molecule has 0 atom stereocenters. The topological polar surface area (TPSA) is 76.7 Å². The fraction of sp³-hybridized carbons (Fsp3) is 0.188. The van der Waals surface area contributed by atoms with Crippen LogP contribution in [0.3, 0.4) is 0 Å². The van der Waals surface area contributed by atoms with Crippen LogP contribution in [0.5, 0.6) is 5.75 Å². The Morgan fingerprint density at radius 1 is 1.39 bits per heavy atom. The number of aryl methyl sites for hydroxylation is 2. The zero-order valence-electron chi connectivity index (χ0n) is 12.9. The minimum absolute atomic E-state index is 0.162. The molecule has 0 radical (unpaired) electrons. The van der Waals surface area contributed by atoms with E-state index in [2.05, 4.69) is 15.5 Å². The monoisotopic (exact) mass is 329 g/mol. The van der Waals surface area contributed by atoms with E-state index < -0.39 is 0 Å². The van der Waals surface area contributed by atoms with Crippen LogP contribution >= 0.6 is 11.8 Å². The predicted octanol–water partition coefficient (Wildman–Crippen LogP) is 3.83. The van der Waals surface area contributed by atoms with Gasteiger partial charge in [0.05, 0.1) is 23.4 Å². The van der Waals surface area contributed by atoms with E-state index in [-0.39, 0.29) is 5.24 Å². The summed E-state index contributed by atoms with van der Waals surface area (Å²) in [6, 6.07) is 7.33. The molecular weight excluding hydrogens is 314 g/mol. The molecule has 118 valence electrons. The largest absolute Gasteiger partial charge is 0.497 e. The van der Waals surface area contributed by atoms with Crippen molar-refractivity contribution in [2.24, 2.45) is 4.99 Å². The standard InChI is InChI=1S/C16H15N3O3S/c1-9-13(10(2)22-19-9)8-14-15(18-16(20)23-14)17-11-5-4-6-12(7-11)21-3/h4-8H,1-3H3,(H,17,18,20)/b14-8-. The Morgan fingerprint density at radius 2 is 2.22 bits per heavy atom. The highest BCUT2D eigenvalue weighted by Crippen LogP contribution is 2.30. The molecule has 1 fully saturated rings. The fourth-order valence-electron chi connectivity index (χ4n) is 2.15. The highest BCUT2D eigenvalue weighted by molar-refractivity contribution is 8.18. The lowest BCUT2D eigenvalue weighted by molar-refractivity contribution is 0.265. The molecule has 1 aromatic carbocycles. The van der Waals surface area contributed by atoms with Crippen LogP contribution in [-0.2, 0) is 0 Å². The third-order valence-electron chi connectivity index (χ3n) is 3.31. The first-order chi connectivity index (χ1) is 11.1. The van der Waals surface area contributed by atoms with Crippen LogP contribution in [0.15, 0.2) is 38.7 Å². The maximum atomic E-state index is 11.7. The molecule has 1 aliphatic heterocycles. The van der Waals surface area contributed by atoms with Crippen molar-refractivity contribution >= 4 is 34.6 Å². The number of thioether (sulfide) groups is 1. The number of nitrogens with zero attached hydrogens (tertiary/aromatic N) is 2. The number of benzene rings is 1. The van der Waals surface area contributed by atoms with Crippen LogP contribution in [0.25, 0.3) is 6.08 Å². The summed E-state index contributed by atoms with van der Waals surface area (Å²) in [5, 5.41) is 6.51. The summed E-state index contributed by atoms with van der Waals surface area (Å²) in [5.74, 6) is 1.92. The maximum absolute atomic E-state index is 11.7. The smallest absolute Gasteiger partial charge is 0.289 e. The zero-order chi connectivity index (χ0) is 16.4. The first kappa shape index (κ1) is 15.4. The van der Waals surface area contributed by atoms with Gasteiger partial charge in [0.2, 0.25) is 0 Å². The highest BCUT2D eigenvalue weighted by Gasteiger charge is 2.24. The van der Waals surface area contributed by atoms with Gasteiger partial charge in [0, 0.05) is 11.6 Å². The number of amides is 1. The number of rotatable bonds is 3. The van der Waals surface area contributed by atoms with Gasteiger partial charge in [-0.2, -0.15) is 0 Å². The second-order valence-corrected chi connectivity index (χ2v) is 5.94. The third kappa shape index (κ3) is 3.29. The molecule has 7 heteroatoms. The van der Waals surface area contributed by atoms with Crippen molar-refractivity contribution in [3.05, 3.63) is 46.2 Å². The minimum Gasteiger partial charge on any atom is -0.497 e. The van der Waals surface area contributed by atoms with Crippen molar-refractivity contribution in [3.8, 4) is 5.75 Å². The fourth-order valence-corrected chi connectivity index (χ4v) is 2.87. The number of aromatic nitrogens is 1. The first-order valence-electron chi connectivity index (χ1n) is 6.93. The summed E-state index contributed by atoms with van der Waals surface area (Å²) in [7, 11) is 1.60. The molecule has 23 heavy (non-hydrogen) atoms. The van der Waals surface area contributed by atoms with Crippen molar-refractivity contribution in [1.29, 1.82) is 0 Å². The Labute approximate surface area is 137 Å². The Bertz CT molecular complexity index is 804. The number of methoxy groups -OCH3 is 1. The van der Waals surface area contributed by atoms with Gasteiger partial charge in [0.1, 0.15) is 17.3 Å². The number of ether oxygens (including phenoxy) is 1. The molecule has 0 unspecified atom stereocenters. The first-order valence-corrected chi connectivity index (χ1v) is 7.75. The molecular formula is C16H15N3O3S. The van der Waals surface area contributed by atoms with Crippen LogP contribution < -0.4 is 10.1 Å². The number of amidine groups is 1. The number of carbonyl (C=O) groups excluding carboxylic acids is 1. The average molecular weight is 329 g/mol. The maximum Gasteiger partial charge on any atom is 0.289 e. The van der Waals surface area contributed by atoms with Crippen LogP contribution in [-0.4, -0.2) is 23.3 Å². The minimum atomic E-state index is -0.162. The van der Waals surface area contributed by atoms with Crippen LogP contribution in [0, 0.1) is 13.8 Å². The van der Waals surface area contributed by atoms with E-state index in [4.69, 9.17) is 9.26 Å². The lowest BCUT2D eigenvalue weighted by Gasteiger charge is -2.02. The van der Waals surface area contributed by atoms with Crippen molar-refractivity contribution in [2.75, 3.05) is 7.11 Å². The van der Waals surface area contributed by atoms with E-state index in [0.29, 0.717) is 23.0 Å². The van der Waals surface area contributed by atoms with E-state index in [1.807, 2.05) is 38.1 Å². The van der Waals surface area contributed by atoms with Gasteiger partial charge in [-0.3, -0.25) is 4.79 Å². The van der Waals surface area contributed by atoms with E-state index >= 15 is 0 Å². The molecule has 1 aromatic heterocycles. The Hall–Kier alpha value is -2.54. The lowest BCUT2D eigenvalue weighted by atomic mass is 10.2. The predicted molar refractivity (Wildman–Crippen MR) is 90.2 cm³/mol. The number of hydrogen-bond acceptors (Lipinski definition) is 6. The van der Waals surface area contributed by atoms with Crippen LogP contribution in [0.2, 0.25) is 0 Å². The quantitative estimate of drug-likeness (QED) is 0.926. The molecule has 1 saturated heterocycles. The molecule has 0 saturated carbocycles. The van der Waals surface area contributed by atoms with E-state index in [0.717, 1.165) is 27.9 Å². The normalized spacial score (nSPS) is 17.8. The number of hydrogen-bond donors (Lipinski definition) is 1. The van der Waals surface area contributed by atoms with Crippen molar-refractivity contribution in [1.82, 2.24) is 10.5 Å². The molecule has 2 aromatic rings. The van der Waals surface area contributed by atoms with Crippen molar-refractivity contribution in [2.45, 2.75) is 13.8 Å². The van der Waals surface area contributed by atoms with Gasteiger partial charge < -0.3 is 14.6 Å². The van der Waals surface area contributed by atoms with Crippen molar-refractivity contribution < 1.29 is 14.1 Å². The zero-order valence-corrected chi connectivity index (χ0v) is 13.7. The molecule has 1 N–H and O–H groups in total.